The van der Waals surface area contributed by atoms with E-state index in [1.165, 1.54) is 55.3 Å². The highest BCUT2D eigenvalue weighted by molar-refractivity contribution is 5.81. The second-order valence-electron chi connectivity index (χ2n) is 8.88. The van der Waals surface area contributed by atoms with Crippen molar-refractivity contribution in [3.05, 3.63) is 48.8 Å². The lowest BCUT2D eigenvalue weighted by molar-refractivity contribution is -0.00698. The molecule has 0 atom stereocenters. The van der Waals surface area contributed by atoms with Crippen molar-refractivity contribution in [2.45, 2.75) is 50.5 Å². The molecule has 4 bridgehead atoms. The van der Waals surface area contributed by atoms with Crippen molar-refractivity contribution in [2.75, 3.05) is 0 Å². The highest BCUT2D eigenvalue weighted by atomic mass is 15.2. The molecule has 3 nitrogen and oxygen atoms in total. The van der Waals surface area contributed by atoms with Gasteiger partial charge < -0.3 is 4.57 Å². The van der Waals surface area contributed by atoms with Crippen molar-refractivity contribution in [3.8, 4) is 0 Å². The van der Waals surface area contributed by atoms with Gasteiger partial charge >= 0.3 is 0 Å². The van der Waals surface area contributed by atoms with Crippen LogP contribution in [0, 0.1) is 17.8 Å². The molecule has 2 heterocycles. The summed E-state index contributed by atoms with van der Waals surface area (Å²) in [6.45, 7) is 4.77. The molecule has 128 valence electrons. The molecule has 4 saturated carbocycles. The minimum atomic E-state index is 0.362. The number of hydrogen-bond acceptors (Lipinski definition) is 1. The summed E-state index contributed by atoms with van der Waals surface area (Å²) in [6.07, 6.45) is 12.9. The Kier molecular flexibility index (Phi) is 2.71. The van der Waals surface area contributed by atoms with Crippen LogP contribution in [-0.2, 0) is 12.0 Å². The van der Waals surface area contributed by atoms with Crippen molar-refractivity contribution in [2.24, 2.45) is 17.8 Å². The van der Waals surface area contributed by atoms with Crippen molar-refractivity contribution < 1.29 is 0 Å². The molecular formula is C22H25N3. The number of rotatable bonds is 3. The van der Waals surface area contributed by atoms with Crippen molar-refractivity contribution in [1.82, 2.24) is 14.0 Å². The van der Waals surface area contributed by atoms with E-state index in [1.54, 1.807) is 0 Å². The molecule has 3 heteroatoms. The predicted octanol–water partition coefficient (Wildman–Crippen LogP) is 4.94. The number of allylic oxidation sites excluding steroid dienone is 1. The Labute approximate surface area is 148 Å². The largest absolute Gasteiger partial charge is 0.306 e. The van der Waals surface area contributed by atoms with Crippen molar-refractivity contribution in [3.63, 3.8) is 0 Å². The van der Waals surface area contributed by atoms with Gasteiger partial charge in [0.15, 0.2) is 0 Å². The van der Waals surface area contributed by atoms with E-state index in [9.17, 15) is 0 Å². The summed E-state index contributed by atoms with van der Waals surface area (Å²) in [6, 6.07) is 8.65. The Morgan fingerprint density at radius 3 is 2.32 bits per heavy atom. The van der Waals surface area contributed by atoms with Gasteiger partial charge in [0.1, 0.15) is 0 Å². The zero-order valence-electron chi connectivity index (χ0n) is 14.7. The molecule has 4 aliphatic rings. The van der Waals surface area contributed by atoms with E-state index in [1.807, 2.05) is 6.08 Å². The summed E-state index contributed by atoms with van der Waals surface area (Å²) in [5.41, 5.74) is 4.25. The smallest absolute Gasteiger partial charge is 0.215 e. The molecule has 4 aliphatic carbocycles. The first-order chi connectivity index (χ1) is 12.3. The van der Waals surface area contributed by atoms with Crippen LogP contribution in [0.4, 0.5) is 0 Å². The third-order valence-corrected chi connectivity index (χ3v) is 7.25. The molecule has 0 N–H and O–H groups in total. The summed E-state index contributed by atoms with van der Waals surface area (Å²) < 4.78 is 4.64. The molecule has 0 saturated heterocycles. The molecule has 1 aromatic carbocycles. The average molecular weight is 331 g/mol. The van der Waals surface area contributed by atoms with Gasteiger partial charge in [0, 0.05) is 18.2 Å². The number of imidazole rings is 2. The fraction of sp³-hybridized carbons (Fsp3) is 0.500. The molecule has 3 aromatic rings. The molecule has 7 rings (SSSR count). The molecule has 0 spiro atoms. The predicted molar refractivity (Wildman–Crippen MR) is 101 cm³/mol. The zero-order valence-corrected chi connectivity index (χ0v) is 14.7. The molecule has 0 radical (unpaired) electrons. The number of benzene rings is 1. The molecule has 25 heavy (non-hydrogen) atoms. The summed E-state index contributed by atoms with van der Waals surface area (Å²) in [4.78, 5) is 5.24. The van der Waals surface area contributed by atoms with Gasteiger partial charge in [-0.25, -0.2) is 4.98 Å². The Hall–Kier alpha value is -2.03. The number of fused-ring (bicyclic) bond motifs is 3. The minimum absolute atomic E-state index is 0.362. The van der Waals surface area contributed by atoms with Gasteiger partial charge in [-0.1, -0.05) is 18.2 Å². The van der Waals surface area contributed by atoms with Crippen LogP contribution < -0.4 is 0 Å². The van der Waals surface area contributed by atoms with Crippen LogP contribution in [0.15, 0.2) is 43.1 Å². The first kappa shape index (κ1) is 14.2. The van der Waals surface area contributed by atoms with Gasteiger partial charge in [-0.3, -0.25) is 4.40 Å². The molecular weight excluding hydrogens is 306 g/mol. The second kappa shape index (κ2) is 4.78. The molecule has 2 aromatic heterocycles. The first-order valence-corrected chi connectivity index (χ1v) is 9.83. The maximum Gasteiger partial charge on any atom is 0.215 e. The fourth-order valence-corrected chi connectivity index (χ4v) is 6.73. The molecule has 0 unspecified atom stereocenters. The second-order valence-corrected chi connectivity index (χ2v) is 8.88. The summed E-state index contributed by atoms with van der Waals surface area (Å²) in [5.74, 6) is 3.96. The number of hydrogen-bond donors (Lipinski definition) is 0. The van der Waals surface area contributed by atoms with E-state index >= 15 is 0 Å². The highest BCUT2D eigenvalue weighted by Crippen LogP contribution is 2.60. The lowest BCUT2D eigenvalue weighted by Gasteiger charge is -2.56. The monoisotopic (exact) mass is 331 g/mol. The fourth-order valence-electron chi connectivity index (χ4n) is 6.73. The van der Waals surface area contributed by atoms with Gasteiger partial charge in [-0.2, -0.15) is 0 Å². The van der Waals surface area contributed by atoms with Crippen molar-refractivity contribution in [1.29, 1.82) is 0 Å². The normalized spacial score (nSPS) is 33.5. The van der Waals surface area contributed by atoms with E-state index < -0.39 is 0 Å². The van der Waals surface area contributed by atoms with E-state index in [-0.39, 0.29) is 0 Å². The quantitative estimate of drug-likeness (QED) is 0.623. The van der Waals surface area contributed by atoms with Crippen LogP contribution in [0.1, 0.15) is 44.2 Å². The average Bonchev–Trinajstić information content (AvgIpc) is 3.14. The Morgan fingerprint density at radius 2 is 1.68 bits per heavy atom. The van der Waals surface area contributed by atoms with Gasteiger partial charge in [0.2, 0.25) is 5.78 Å². The SMILES string of the molecule is C=CCn1c2ccccc2n2cc(C34CC5CC(CC(C5)C3)C4)nc12. The van der Waals surface area contributed by atoms with Crippen LogP contribution in [-0.4, -0.2) is 14.0 Å². The molecule has 0 aliphatic heterocycles. The van der Waals surface area contributed by atoms with Crippen LogP contribution in [0.5, 0.6) is 0 Å². The van der Waals surface area contributed by atoms with Crippen LogP contribution in [0.25, 0.3) is 16.8 Å². The third kappa shape index (κ3) is 1.84. The number of aromatic nitrogens is 3. The van der Waals surface area contributed by atoms with Gasteiger partial charge in [0.05, 0.1) is 16.7 Å². The van der Waals surface area contributed by atoms with Gasteiger partial charge in [-0.05, 0) is 68.4 Å². The lowest BCUT2D eigenvalue weighted by Crippen LogP contribution is -2.48. The van der Waals surface area contributed by atoms with Crippen LogP contribution in [0.2, 0.25) is 0 Å². The summed E-state index contributed by atoms with van der Waals surface area (Å²) >= 11 is 0. The standard InChI is InChI=1S/C22H25N3/c1-2-7-24-18-5-3-4-6-19(18)25-14-20(23-21(24)25)22-11-15-8-16(12-22)10-17(9-15)13-22/h2-6,14-17H,1,7-13H2. The maximum atomic E-state index is 5.24. The van der Waals surface area contributed by atoms with Gasteiger partial charge in [-0.15, -0.1) is 6.58 Å². The maximum absolute atomic E-state index is 5.24. The van der Waals surface area contributed by atoms with E-state index in [2.05, 4.69) is 46.0 Å². The Morgan fingerprint density at radius 1 is 1.04 bits per heavy atom. The van der Waals surface area contributed by atoms with Gasteiger partial charge in [0.25, 0.3) is 0 Å². The van der Waals surface area contributed by atoms with Crippen LogP contribution >= 0.6 is 0 Å². The number of para-hydroxylation sites is 2. The van der Waals surface area contributed by atoms with E-state index in [0.29, 0.717) is 5.41 Å². The zero-order chi connectivity index (χ0) is 16.6. The van der Waals surface area contributed by atoms with Crippen molar-refractivity contribution >= 4 is 16.8 Å². The Bertz CT molecular complexity index is 954. The molecule has 4 fully saturated rings. The first-order valence-electron chi connectivity index (χ1n) is 9.83. The lowest BCUT2D eigenvalue weighted by atomic mass is 9.49. The topological polar surface area (TPSA) is 22.2 Å². The third-order valence-electron chi connectivity index (χ3n) is 7.25. The summed E-state index contributed by atoms with van der Waals surface area (Å²) in [5, 5.41) is 0. The Balaban J connectivity index is 1.55. The highest BCUT2D eigenvalue weighted by Gasteiger charge is 2.52. The number of nitrogens with zero attached hydrogens (tertiary/aromatic N) is 3. The minimum Gasteiger partial charge on any atom is -0.306 e. The summed E-state index contributed by atoms with van der Waals surface area (Å²) in [7, 11) is 0. The van der Waals surface area contributed by atoms with E-state index in [4.69, 9.17) is 4.98 Å². The molecule has 0 amide bonds. The van der Waals surface area contributed by atoms with E-state index in [0.717, 1.165) is 30.1 Å². The van der Waals surface area contributed by atoms with Crippen LogP contribution in [0.3, 0.4) is 0 Å².